The smallest absolute Gasteiger partial charge is 0.203 e. The van der Waals surface area contributed by atoms with Crippen molar-refractivity contribution in [3.8, 4) is 17.2 Å². The second kappa shape index (κ2) is 13.5. The lowest BCUT2D eigenvalue weighted by atomic mass is 10.1. The second-order valence-electron chi connectivity index (χ2n) is 6.35. The van der Waals surface area contributed by atoms with Crippen LogP contribution in [-0.4, -0.2) is 46.9 Å². The zero-order chi connectivity index (χ0) is 20.4. The van der Waals surface area contributed by atoms with Crippen LogP contribution in [0.2, 0.25) is 0 Å². The van der Waals surface area contributed by atoms with Crippen molar-refractivity contribution in [2.24, 2.45) is 4.99 Å². The van der Waals surface area contributed by atoms with Crippen LogP contribution in [0.4, 0.5) is 0 Å². The van der Waals surface area contributed by atoms with Crippen LogP contribution in [-0.2, 0) is 6.42 Å². The van der Waals surface area contributed by atoms with Crippen LogP contribution in [0.25, 0.3) is 0 Å². The summed E-state index contributed by atoms with van der Waals surface area (Å²) in [7, 11) is 4.88. The van der Waals surface area contributed by atoms with Crippen LogP contribution in [0.3, 0.4) is 0 Å². The van der Waals surface area contributed by atoms with E-state index in [1.165, 1.54) is 5.56 Å². The number of guanidine groups is 1. The Morgan fingerprint density at radius 3 is 2.41 bits per heavy atom. The van der Waals surface area contributed by atoms with E-state index >= 15 is 0 Å². The molecule has 162 valence electrons. The van der Waals surface area contributed by atoms with Gasteiger partial charge in [0.1, 0.15) is 0 Å². The summed E-state index contributed by atoms with van der Waals surface area (Å²) in [5.41, 5.74) is 2.38. The normalized spacial score (nSPS) is 12.0. The highest BCUT2D eigenvalue weighted by Crippen LogP contribution is 2.39. The molecule has 2 rings (SSSR count). The monoisotopic (exact) mass is 533 g/mol. The fourth-order valence-corrected chi connectivity index (χ4v) is 3.69. The van der Waals surface area contributed by atoms with Gasteiger partial charge >= 0.3 is 0 Å². The van der Waals surface area contributed by atoms with Gasteiger partial charge in [-0.3, -0.25) is 4.99 Å². The van der Waals surface area contributed by atoms with E-state index in [4.69, 9.17) is 19.2 Å². The van der Waals surface area contributed by atoms with Gasteiger partial charge in [0.05, 0.1) is 21.3 Å². The van der Waals surface area contributed by atoms with Gasteiger partial charge in [-0.25, -0.2) is 0 Å². The highest BCUT2D eigenvalue weighted by atomic mass is 127. The molecule has 1 atom stereocenters. The van der Waals surface area contributed by atoms with Crippen LogP contribution < -0.4 is 24.8 Å². The molecule has 0 aliphatic carbocycles. The Bertz CT molecular complexity index is 754. The predicted octanol–water partition coefficient (Wildman–Crippen LogP) is 4.29. The predicted molar refractivity (Wildman–Crippen MR) is 132 cm³/mol. The van der Waals surface area contributed by atoms with Crippen LogP contribution in [0.1, 0.15) is 30.9 Å². The molecule has 0 saturated carbocycles. The van der Waals surface area contributed by atoms with E-state index in [9.17, 15) is 0 Å². The molecular formula is C21H32IN3O3S. The molecule has 1 aromatic carbocycles. The van der Waals surface area contributed by atoms with Crippen molar-refractivity contribution in [2.75, 3.05) is 41.0 Å². The fourth-order valence-electron chi connectivity index (χ4n) is 2.91. The summed E-state index contributed by atoms with van der Waals surface area (Å²) in [5, 5.41) is 11.0. The Morgan fingerprint density at radius 2 is 1.83 bits per heavy atom. The maximum absolute atomic E-state index is 5.56. The summed E-state index contributed by atoms with van der Waals surface area (Å²) in [5.74, 6) is 3.20. The number of benzene rings is 1. The Labute approximate surface area is 195 Å². The van der Waals surface area contributed by atoms with Gasteiger partial charge in [0, 0.05) is 31.1 Å². The van der Waals surface area contributed by atoms with Crippen molar-refractivity contribution in [1.82, 2.24) is 10.6 Å². The number of aliphatic imine (C=N–C) groups is 1. The van der Waals surface area contributed by atoms with Crippen molar-refractivity contribution >= 4 is 41.3 Å². The summed E-state index contributed by atoms with van der Waals surface area (Å²) in [6.07, 6.45) is 0.772. The maximum Gasteiger partial charge on any atom is 0.203 e. The third-order valence-corrected chi connectivity index (χ3v) is 5.15. The highest BCUT2D eigenvalue weighted by molar-refractivity contribution is 14.0. The van der Waals surface area contributed by atoms with Crippen LogP contribution in [0.5, 0.6) is 17.2 Å². The summed E-state index contributed by atoms with van der Waals surface area (Å²) >= 11 is 1.72. The number of hydrogen-bond acceptors (Lipinski definition) is 5. The van der Waals surface area contributed by atoms with Crippen molar-refractivity contribution in [3.63, 3.8) is 0 Å². The fraction of sp³-hybridized carbons (Fsp3) is 0.476. The zero-order valence-corrected chi connectivity index (χ0v) is 20.9. The molecule has 0 aliphatic heterocycles. The van der Waals surface area contributed by atoms with E-state index in [1.807, 2.05) is 12.1 Å². The molecule has 1 heterocycles. The first kappa shape index (κ1) is 25.4. The van der Waals surface area contributed by atoms with Gasteiger partial charge in [0.2, 0.25) is 5.75 Å². The molecule has 2 N–H and O–H groups in total. The molecule has 0 radical (unpaired) electrons. The lowest BCUT2D eigenvalue weighted by molar-refractivity contribution is 0.322. The minimum Gasteiger partial charge on any atom is -0.493 e. The van der Waals surface area contributed by atoms with E-state index in [1.54, 1.807) is 32.7 Å². The first-order chi connectivity index (χ1) is 13.6. The van der Waals surface area contributed by atoms with Gasteiger partial charge in [0.15, 0.2) is 17.5 Å². The summed E-state index contributed by atoms with van der Waals surface area (Å²) < 4.78 is 16.4. The van der Waals surface area contributed by atoms with E-state index < -0.39 is 0 Å². The highest BCUT2D eigenvalue weighted by Gasteiger charge is 2.15. The molecule has 0 aliphatic rings. The van der Waals surface area contributed by atoms with Gasteiger partial charge in [-0.15, -0.1) is 24.0 Å². The van der Waals surface area contributed by atoms with E-state index in [-0.39, 0.29) is 24.0 Å². The van der Waals surface area contributed by atoms with Gasteiger partial charge in [-0.2, -0.15) is 11.3 Å². The van der Waals surface area contributed by atoms with Crippen LogP contribution in [0.15, 0.2) is 34.0 Å². The maximum atomic E-state index is 5.56. The van der Waals surface area contributed by atoms with Crippen molar-refractivity contribution in [3.05, 3.63) is 40.1 Å². The quantitative estimate of drug-likeness (QED) is 0.271. The molecule has 8 heteroatoms. The number of thiophene rings is 1. The largest absolute Gasteiger partial charge is 0.493 e. The first-order valence-corrected chi connectivity index (χ1v) is 10.4. The summed E-state index contributed by atoms with van der Waals surface area (Å²) in [6.45, 7) is 6.55. The third kappa shape index (κ3) is 7.26. The topological polar surface area (TPSA) is 64.1 Å². The zero-order valence-electron chi connectivity index (χ0n) is 17.8. The van der Waals surface area contributed by atoms with Crippen molar-refractivity contribution in [2.45, 2.75) is 26.2 Å². The molecule has 0 spiro atoms. The molecule has 2 aromatic rings. The van der Waals surface area contributed by atoms with E-state index in [0.717, 1.165) is 37.6 Å². The SMILES string of the molecule is CCNC(=NCC(C)c1ccsc1)NCCc1ccc(OC)c(OC)c1OC.I. The van der Waals surface area contributed by atoms with Crippen LogP contribution >= 0.6 is 35.3 Å². The van der Waals surface area contributed by atoms with E-state index in [0.29, 0.717) is 23.2 Å². The van der Waals surface area contributed by atoms with Crippen molar-refractivity contribution in [1.29, 1.82) is 0 Å². The molecular weight excluding hydrogens is 501 g/mol. The number of methoxy groups -OCH3 is 3. The average molecular weight is 533 g/mol. The number of nitrogens with zero attached hydrogens (tertiary/aromatic N) is 1. The van der Waals surface area contributed by atoms with Gasteiger partial charge in [-0.05, 0) is 41.8 Å². The summed E-state index contributed by atoms with van der Waals surface area (Å²) in [4.78, 5) is 4.73. The average Bonchev–Trinajstić information content (AvgIpc) is 3.26. The molecule has 6 nitrogen and oxygen atoms in total. The van der Waals surface area contributed by atoms with Crippen LogP contribution in [0, 0.1) is 0 Å². The Hall–Kier alpha value is -1.68. The lowest BCUT2D eigenvalue weighted by Gasteiger charge is -2.17. The number of halogens is 1. The van der Waals surface area contributed by atoms with Gasteiger partial charge < -0.3 is 24.8 Å². The number of ether oxygens (including phenoxy) is 3. The molecule has 1 unspecified atom stereocenters. The van der Waals surface area contributed by atoms with Gasteiger partial charge in [0.25, 0.3) is 0 Å². The molecule has 29 heavy (non-hydrogen) atoms. The number of nitrogens with one attached hydrogen (secondary N) is 2. The number of rotatable bonds is 10. The molecule has 0 bridgehead atoms. The molecule has 0 fully saturated rings. The molecule has 0 saturated heterocycles. The second-order valence-corrected chi connectivity index (χ2v) is 7.13. The Balaban J connectivity index is 0.00000420. The van der Waals surface area contributed by atoms with Gasteiger partial charge in [-0.1, -0.05) is 13.0 Å². The third-order valence-electron chi connectivity index (χ3n) is 4.45. The standard InChI is InChI=1S/C21H31N3O3S.HI/c1-6-22-21(24-13-15(2)17-10-12-28-14-17)23-11-9-16-7-8-18(25-3)20(27-5)19(16)26-4;/h7-8,10,12,14-15H,6,9,11,13H2,1-5H3,(H2,22,23,24);1H. The minimum atomic E-state index is 0. The van der Waals surface area contributed by atoms with E-state index in [2.05, 4.69) is 41.3 Å². The molecule has 0 amide bonds. The first-order valence-electron chi connectivity index (χ1n) is 9.46. The minimum absolute atomic E-state index is 0. The number of hydrogen-bond donors (Lipinski definition) is 2. The summed E-state index contributed by atoms with van der Waals surface area (Å²) in [6, 6.07) is 6.07. The van der Waals surface area contributed by atoms with Crippen molar-refractivity contribution < 1.29 is 14.2 Å². The Morgan fingerprint density at radius 1 is 1.07 bits per heavy atom. The molecule has 1 aromatic heterocycles. The Kier molecular flexibility index (Phi) is 11.8. The lowest BCUT2D eigenvalue weighted by Crippen LogP contribution is -2.38.